The van der Waals surface area contributed by atoms with Crippen LogP contribution in [-0.2, 0) is 6.54 Å². The Morgan fingerprint density at radius 1 is 1.07 bits per heavy atom. The lowest BCUT2D eigenvalue weighted by atomic mass is 10.1. The number of pyridine rings is 1. The number of nitrogens with zero attached hydrogens (tertiary/aromatic N) is 3. The molecule has 0 atom stereocenters. The molecule has 2 heterocycles. The van der Waals surface area contributed by atoms with Gasteiger partial charge in [0.25, 0.3) is 5.91 Å². The first-order chi connectivity index (χ1) is 14.0. The number of anilines is 1. The molecule has 1 saturated heterocycles. The zero-order valence-electron chi connectivity index (χ0n) is 16.1. The summed E-state index contributed by atoms with van der Waals surface area (Å²) in [7, 11) is 0. The van der Waals surface area contributed by atoms with Gasteiger partial charge in [-0.05, 0) is 49.4 Å². The van der Waals surface area contributed by atoms with Crippen LogP contribution in [0.5, 0.6) is 0 Å². The van der Waals surface area contributed by atoms with Gasteiger partial charge in [0, 0.05) is 55.0 Å². The monoisotopic (exact) mass is 413 g/mol. The van der Waals surface area contributed by atoms with Gasteiger partial charge < -0.3 is 14.4 Å². The van der Waals surface area contributed by atoms with Crippen molar-refractivity contribution in [3.05, 3.63) is 75.3 Å². The molecule has 1 amide bonds. The predicted octanol–water partition coefficient (Wildman–Crippen LogP) is 3.78. The maximum Gasteiger partial charge on any atom is 0.259 e. The topological polar surface area (TPSA) is 45.6 Å². The zero-order valence-corrected chi connectivity index (χ0v) is 16.8. The van der Waals surface area contributed by atoms with E-state index in [1.807, 2.05) is 11.5 Å². The number of halogens is 2. The van der Waals surface area contributed by atoms with Gasteiger partial charge in [0.05, 0.1) is 5.52 Å². The minimum Gasteiger partial charge on any atom is -0.368 e. The molecule has 7 heteroatoms. The zero-order chi connectivity index (χ0) is 20.5. The van der Waals surface area contributed by atoms with Crippen molar-refractivity contribution in [2.45, 2.75) is 13.5 Å². The molecule has 3 aromatic rings. The third-order valence-electron chi connectivity index (χ3n) is 5.37. The van der Waals surface area contributed by atoms with Gasteiger partial charge in [-0.3, -0.25) is 9.59 Å². The molecule has 0 N–H and O–H groups in total. The van der Waals surface area contributed by atoms with Crippen molar-refractivity contribution in [1.82, 2.24) is 9.47 Å². The Hall–Kier alpha value is -2.86. The minimum absolute atomic E-state index is 0.164. The van der Waals surface area contributed by atoms with Crippen LogP contribution in [0.15, 0.2) is 53.5 Å². The minimum atomic E-state index is -0.293. The van der Waals surface area contributed by atoms with Crippen LogP contribution in [0.3, 0.4) is 0 Å². The van der Waals surface area contributed by atoms with E-state index in [9.17, 15) is 14.0 Å². The number of hydrogen-bond donors (Lipinski definition) is 0. The number of aromatic nitrogens is 1. The van der Waals surface area contributed by atoms with E-state index < -0.39 is 0 Å². The number of rotatable bonds is 3. The van der Waals surface area contributed by atoms with E-state index in [4.69, 9.17) is 11.6 Å². The third kappa shape index (κ3) is 3.72. The van der Waals surface area contributed by atoms with Crippen molar-refractivity contribution >= 4 is 34.1 Å². The number of fused-ring (bicyclic) bond motifs is 1. The second-order valence-electron chi connectivity index (χ2n) is 7.08. The Morgan fingerprint density at radius 2 is 1.76 bits per heavy atom. The Morgan fingerprint density at radius 3 is 2.41 bits per heavy atom. The average molecular weight is 414 g/mol. The molecule has 0 bridgehead atoms. The lowest BCUT2D eigenvalue weighted by molar-refractivity contribution is 0.0745. The Kier molecular flexibility index (Phi) is 5.28. The summed E-state index contributed by atoms with van der Waals surface area (Å²) in [6.07, 6.45) is 1.65. The third-order valence-corrected chi connectivity index (χ3v) is 5.61. The van der Waals surface area contributed by atoms with Gasteiger partial charge in [0.15, 0.2) is 0 Å². The van der Waals surface area contributed by atoms with Gasteiger partial charge in [-0.2, -0.15) is 0 Å². The molecular weight excluding hydrogens is 393 g/mol. The lowest BCUT2D eigenvalue weighted by Gasteiger charge is -2.36. The summed E-state index contributed by atoms with van der Waals surface area (Å²) < 4.78 is 15.0. The van der Waals surface area contributed by atoms with Crippen molar-refractivity contribution in [2.24, 2.45) is 0 Å². The summed E-state index contributed by atoms with van der Waals surface area (Å²) in [5, 5.41) is 0.921. The summed E-state index contributed by atoms with van der Waals surface area (Å²) in [5.74, 6) is -0.538. The summed E-state index contributed by atoms with van der Waals surface area (Å²) >= 11 is 6.08. The number of benzene rings is 2. The van der Waals surface area contributed by atoms with Gasteiger partial charge in [-0.25, -0.2) is 4.39 Å². The summed E-state index contributed by atoms with van der Waals surface area (Å²) in [4.78, 5) is 29.9. The fraction of sp³-hybridized carbons (Fsp3) is 0.273. The Balaban J connectivity index is 1.59. The second kappa shape index (κ2) is 7.87. The number of carbonyl (C=O) groups excluding carboxylic acids is 1. The van der Waals surface area contributed by atoms with Crippen molar-refractivity contribution in [1.29, 1.82) is 0 Å². The molecule has 0 saturated carbocycles. The van der Waals surface area contributed by atoms with Crippen molar-refractivity contribution in [3.8, 4) is 0 Å². The second-order valence-corrected chi connectivity index (χ2v) is 7.51. The summed E-state index contributed by atoms with van der Waals surface area (Å²) in [6, 6.07) is 11.5. The average Bonchev–Trinajstić information content (AvgIpc) is 2.74. The maximum absolute atomic E-state index is 13.1. The van der Waals surface area contributed by atoms with Crippen molar-refractivity contribution in [2.75, 3.05) is 31.1 Å². The van der Waals surface area contributed by atoms with Crippen LogP contribution >= 0.6 is 11.6 Å². The summed E-state index contributed by atoms with van der Waals surface area (Å²) in [5.41, 5.74) is 1.56. The Labute approximate surface area is 172 Å². The van der Waals surface area contributed by atoms with E-state index in [-0.39, 0.29) is 22.7 Å². The van der Waals surface area contributed by atoms with Crippen LogP contribution in [0.2, 0.25) is 5.02 Å². The largest absolute Gasteiger partial charge is 0.368 e. The van der Waals surface area contributed by atoms with E-state index in [0.29, 0.717) is 43.1 Å². The molecule has 0 spiro atoms. The van der Waals surface area contributed by atoms with Crippen molar-refractivity contribution < 1.29 is 9.18 Å². The normalized spacial score (nSPS) is 14.4. The summed E-state index contributed by atoms with van der Waals surface area (Å²) in [6.45, 7) is 4.84. The molecule has 4 rings (SSSR count). The van der Waals surface area contributed by atoms with E-state index in [1.165, 1.54) is 12.1 Å². The molecule has 1 aliphatic rings. The highest BCUT2D eigenvalue weighted by atomic mass is 35.5. The number of amides is 1. The molecule has 2 aromatic carbocycles. The predicted molar refractivity (Wildman–Crippen MR) is 113 cm³/mol. The van der Waals surface area contributed by atoms with Gasteiger partial charge in [0.1, 0.15) is 11.4 Å². The molecule has 150 valence electrons. The fourth-order valence-corrected chi connectivity index (χ4v) is 3.95. The smallest absolute Gasteiger partial charge is 0.259 e. The first-order valence-corrected chi connectivity index (χ1v) is 9.98. The number of aryl methyl sites for hydroxylation is 1. The van der Waals surface area contributed by atoms with Gasteiger partial charge >= 0.3 is 0 Å². The molecular formula is C22H21ClFN3O2. The first-order valence-electron chi connectivity index (χ1n) is 9.60. The van der Waals surface area contributed by atoms with Crippen LogP contribution in [0.4, 0.5) is 10.1 Å². The van der Waals surface area contributed by atoms with Gasteiger partial charge in [-0.1, -0.05) is 11.6 Å². The maximum atomic E-state index is 13.1. The quantitative estimate of drug-likeness (QED) is 0.656. The highest BCUT2D eigenvalue weighted by Crippen LogP contribution is 2.20. The standard InChI is InChI=1S/C22H21ClFN3O2/c1-2-25-14-19(21(28)18-13-15(23)3-8-20(18)25)22(29)27-11-9-26(10-12-27)17-6-4-16(24)5-7-17/h3-8,13-14H,2,9-12H2,1H3. The molecule has 1 aliphatic heterocycles. The number of hydrogen-bond acceptors (Lipinski definition) is 3. The lowest BCUT2D eigenvalue weighted by Crippen LogP contribution is -2.49. The van der Waals surface area contributed by atoms with E-state index in [0.717, 1.165) is 11.2 Å². The fourth-order valence-electron chi connectivity index (χ4n) is 3.77. The Bertz CT molecular complexity index is 1120. The van der Waals surface area contributed by atoms with Crippen LogP contribution in [0.25, 0.3) is 10.9 Å². The van der Waals surface area contributed by atoms with Crippen LogP contribution in [0, 0.1) is 5.82 Å². The highest BCUT2D eigenvalue weighted by Gasteiger charge is 2.25. The molecule has 1 fully saturated rings. The van der Waals surface area contributed by atoms with Gasteiger partial charge in [-0.15, -0.1) is 0 Å². The molecule has 29 heavy (non-hydrogen) atoms. The van der Waals surface area contributed by atoms with E-state index in [1.54, 1.807) is 41.4 Å². The van der Waals surface area contributed by atoms with Gasteiger partial charge in [0.2, 0.25) is 5.43 Å². The SMILES string of the molecule is CCn1cc(C(=O)N2CCN(c3ccc(F)cc3)CC2)c(=O)c2cc(Cl)ccc21. The number of piperazine rings is 1. The molecule has 0 aliphatic carbocycles. The van der Waals surface area contributed by atoms with Crippen molar-refractivity contribution in [3.63, 3.8) is 0 Å². The van der Waals surface area contributed by atoms with Crippen LogP contribution in [0.1, 0.15) is 17.3 Å². The van der Waals surface area contributed by atoms with E-state index >= 15 is 0 Å². The molecule has 1 aromatic heterocycles. The molecule has 0 unspecified atom stereocenters. The van der Waals surface area contributed by atoms with E-state index in [2.05, 4.69) is 4.90 Å². The molecule has 0 radical (unpaired) electrons. The van der Waals surface area contributed by atoms with Crippen LogP contribution < -0.4 is 10.3 Å². The highest BCUT2D eigenvalue weighted by molar-refractivity contribution is 6.31. The number of carbonyl (C=O) groups is 1. The van der Waals surface area contributed by atoms with Crippen LogP contribution in [-0.4, -0.2) is 41.6 Å². The first kappa shape index (κ1) is 19.5. The molecule has 5 nitrogen and oxygen atoms in total.